The minimum Gasteiger partial charge on any atom is -0.444 e. The van der Waals surface area contributed by atoms with Crippen molar-refractivity contribution >= 4 is 34.0 Å². The molecule has 4 fully saturated rings. The quantitative estimate of drug-likeness (QED) is 0.197. The predicted molar refractivity (Wildman–Crippen MR) is 191 cm³/mol. The fourth-order valence-corrected chi connectivity index (χ4v) is 8.21. The number of carbonyl (C=O) groups excluding carboxylic acids is 2. The first-order valence-electron chi connectivity index (χ1n) is 17.9. The molecule has 2 aliphatic carbocycles. The number of carbonyl (C=O) groups is 2. The van der Waals surface area contributed by atoms with Gasteiger partial charge in [-0.05, 0) is 113 Å². The number of fused-ring (bicyclic) bond motifs is 5. The summed E-state index contributed by atoms with van der Waals surface area (Å²) in [5, 5.41) is 2.19. The Morgan fingerprint density at radius 3 is 1.90 bits per heavy atom. The number of hydrogen-bond donors (Lipinski definition) is 2. The SMILES string of the molecule is CC(C)(C)OC(=O)N1C2CC2C[C@H]1c1ncc(-c2ccc(-c3ccc4c(ccc5[nH]c([C@@H]6C[C@H]7C[C@H]7N6C(=O)OC(C)(C)C)nc54)c3)cc2)[nH]1. The van der Waals surface area contributed by atoms with E-state index in [4.69, 9.17) is 19.4 Å². The molecule has 2 saturated carbocycles. The van der Waals surface area contributed by atoms with Crippen molar-refractivity contribution in [3.8, 4) is 22.4 Å². The summed E-state index contributed by atoms with van der Waals surface area (Å²) in [5.41, 5.74) is 5.01. The molecule has 2 aliphatic heterocycles. The van der Waals surface area contributed by atoms with Crippen LogP contribution in [-0.2, 0) is 9.47 Å². The second-order valence-electron chi connectivity index (χ2n) is 16.7. The van der Waals surface area contributed by atoms with E-state index in [1.54, 1.807) is 0 Å². The van der Waals surface area contributed by atoms with Crippen LogP contribution in [0.2, 0.25) is 0 Å². The third-order valence-corrected chi connectivity index (χ3v) is 10.7. The van der Waals surface area contributed by atoms with Crippen LogP contribution in [0.5, 0.6) is 0 Å². The van der Waals surface area contributed by atoms with E-state index >= 15 is 0 Å². The third kappa shape index (κ3) is 5.49. The molecule has 3 aromatic carbocycles. The number of nitrogens with one attached hydrogen (secondary N) is 2. The van der Waals surface area contributed by atoms with Crippen molar-refractivity contribution in [1.29, 1.82) is 0 Å². The Hall–Kier alpha value is -4.86. The van der Waals surface area contributed by atoms with Crippen LogP contribution < -0.4 is 0 Å². The molecule has 10 heteroatoms. The van der Waals surface area contributed by atoms with Crippen molar-refractivity contribution in [2.45, 2.75) is 103 Å². The van der Waals surface area contributed by atoms with Crippen molar-refractivity contribution in [1.82, 2.24) is 29.7 Å². The lowest BCUT2D eigenvalue weighted by atomic mass is 9.99. The van der Waals surface area contributed by atoms with E-state index in [2.05, 4.69) is 64.6 Å². The van der Waals surface area contributed by atoms with Gasteiger partial charge in [0.2, 0.25) is 0 Å². The maximum absolute atomic E-state index is 13.2. The van der Waals surface area contributed by atoms with Gasteiger partial charge in [-0.25, -0.2) is 19.6 Å². The maximum Gasteiger partial charge on any atom is 0.411 e. The molecular formula is C40H44N6O4. The summed E-state index contributed by atoms with van der Waals surface area (Å²) in [6, 6.07) is 19.5. The highest BCUT2D eigenvalue weighted by molar-refractivity contribution is 6.05. The number of ether oxygens (including phenoxy) is 2. The number of hydrogen-bond acceptors (Lipinski definition) is 6. The van der Waals surface area contributed by atoms with Crippen LogP contribution in [0.15, 0.2) is 60.8 Å². The number of imidazole rings is 2. The molecule has 2 aromatic heterocycles. The highest BCUT2D eigenvalue weighted by Gasteiger charge is 2.57. The van der Waals surface area contributed by atoms with Gasteiger partial charge in [-0.2, -0.15) is 0 Å². The molecule has 0 spiro atoms. The number of H-pyrrole nitrogens is 2. The van der Waals surface area contributed by atoms with Gasteiger partial charge in [0, 0.05) is 17.5 Å². The maximum atomic E-state index is 13.2. The third-order valence-electron chi connectivity index (χ3n) is 10.7. The largest absolute Gasteiger partial charge is 0.444 e. The van der Waals surface area contributed by atoms with Crippen LogP contribution in [-0.4, -0.2) is 65.2 Å². The molecule has 2 saturated heterocycles. The lowest BCUT2D eigenvalue weighted by Crippen LogP contribution is -2.38. The first kappa shape index (κ1) is 31.1. The zero-order chi connectivity index (χ0) is 34.7. The Morgan fingerprint density at radius 2 is 1.28 bits per heavy atom. The number of likely N-dealkylation sites (tertiary alicyclic amines) is 2. The number of amides is 2. The summed E-state index contributed by atoms with van der Waals surface area (Å²) in [4.78, 5) is 46.9. The smallest absolute Gasteiger partial charge is 0.411 e. The zero-order valence-electron chi connectivity index (χ0n) is 29.5. The van der Waals surface area contributed by atoms with Gasteiger partial charge in [0.25, 0.3) is 0 Å². The molecule has 9 rings (SSSR count). The monoisotopic (exact) mass is 672 g/mol. The molecule has 0 radical (unpaired) electrons. The van der Waals surface area contributed by atoms with E-state index < -0.39 is 11.2 Å². The molecule has 258 valence electrons. The second kappa shape index (κ2) is 10.8. The Bertz CT molecular complexity index is 2150. The molecule has 6 atom stereocenters. The van der Waals surface area contributed by atoms with Gasteiger partial charge in [0.05, 0.1) is 35.0 Å². The number of aromatic amines is 2. The average molecular weight is 673 g/mol. The van der Waals surface area contributed by atoms with Gasteiger partial charge >= 0.3 is 12.2 Å². The number of rotatable bonds is 4. The Balaban J connectivity index is 0.936. The summed E-state index contributed by atoms with van der Waals surface area (Å²) in [6.45, 7) is 11.4. The van der Waals surface area contributed by atoms with Gasteiger partial charge in [-0.1, -0.05) is 42.5 Å². The Kier molecular flexibility index (Phi) is 6.74. The first-order chi connectivity index (χ1) is 23.8. The fraction of sp³-hybridized carbons (Fsp3) is 0.450. The molecule has 10 nitrogen and oxygen atoms in total. The van der Waals surface area contributed by atoms with E-state index in [9.17, 15) is 9.59 Å². The summed E-state index contributed by atoms with van der Waals surface area (Å²) in [7, 11) is 0. The molecule has 4 heterocycles. The van der Waals surface area contributed by atoms with Gasteiger partial charge in [-0.15, -0.1) is 0 Å². The number of nitrogens with zero attached hydrogens (tertiary/aromatic N) is 4. The molecule has 4 aliphatic rings. The summed E-state index contributed by atoms with van der Waals surface area (Å²) >= 11 is 0. The lowest BCUT2D eigenvalue weighted by Gasteiger charge is -2.29. The number of benzene rings is 3. The number of piperidine rings is 2. The first-order valence-corrected chi connectivity index (χ1v) is 17.9. The normalized spacial score (nSPS) is 25.6. The van der Waals surface area contributed by atoms with E-state index in [1.165, 1.54) is 0 Å². The lowest BCUT2D eigenvalue weighted by molar-refractivity contribution is 0.0164. The van der Waals surface area contributed by atoms with Gasteiger partial charge in [0.15, 0.2) is 0 Å². The minimum atomic E-state index is -0.540. The molecule has 2 N–H and O–H groups in total. The van der Waals surface area contributed by atoms with E-state index in [0.29, 0.717) is 11.8 Å². The Morgan fingerprint density at radius 1 is 0.700 bits per heavy atom. The van der Waals surface area contributed by atoms with Crippen LogP contribution in [0.25, 0.3) is 44.2 Å². The van der Waals surface area contributed by atoms with Crippen LogP contribution in [0.3, 0.4) is 0 Å². The van der Waals surface area contributed by atoms with Gasteiger partial charge in [0.1, 0.15) is 22.9 Å². The summed E-state index contributed by atoms with van der Waals surface area (Å²) in [6.07, 6.45) is 5.26. The highest BCUT2D eigenvalue weighted by Crippen LogP contribution is 2.54. The van der Waals surface area contributed by atoms with E-state index in [0.717, 1.165) is 81.5 Å². The topological polar surface area (TPSA) is 116 Å². The molecule has 5 aromatic rings. The van der Waals surface area contributed by atoms with Crippen molar-refractivity contribution in [3.63, 3.8) is 0 Å². The van der Waals surface area contributed by atoms with Crippen LogP contribution in [0.1, 0.15) is 91.0 Å². The molecular weight excluding hydrogens is 628 g/mol. The average Bonchev–Trinajstić information content (AvgIpc) is 3.67. The standard InChI is InChI=1S/C40H44N6O4/c1-39(2,3)49-37(47)45-30-16-25(30)18-32(45)35-41-20-29(43-35)22-9-7-21(8-10-22)23-11-13-27-24(15-23)12-14-28-34(27)44-36(42-28)33-19-26-17-31(26)46(33)38(48)50-40(4,5)6/h7-15,20,25-26,30-33H,16-19H2,1-6H3,(H,41,43)(H,42,44)/t25?,26-,30?,31-,32+,33+/m1/s1. The molecule has 2 unspecified atom stereocenters. The van der Waals surface area contributed by atoms with Crippen molar-refractivity contribution < 1.29 is 19.1 Å². The molecule has 50 heavy (non-hydrogen) atoms. The number of aromatic nitrogens is 4. The van der Waals surface area contributed by atoms with Crippen LogP contribution >= 0.6 is 0 Å². The fourth-order valence-electron chi connectivity index (χ4n) is 8.21. The van der Waals surface area contributed by atoms with Crippen molar-refractivity contribution in [3.05, 3.63) is 72.4 Å². The highest BCUT2D eigenvalue weighted by atomic mass is 16.6. The zero-order valence-corrected chi connectivity index (χ0v) is 29.5. The van der Waals surface area contributed by atoms with Gasteiger partial charge < -0.3 is 19.4 Å². The molecule has 2 amide bonds. The second-order valence-corrected chi connectivity index (χ2v) is 16.7. The van der Waals surface area contributed by atoms with Crippen molar-refractivity contribution in [2.75, 3.05) is 0 Å². The van der Waals surface area contributed by atoms with Crippen LogP contribution in [0.4, 0.5) is 9.59 Å². The minimum absolute atomic E-state index is 0.0935. The van der Waals surface area contributed by atoms with E-state index in [-0.39, 0.29) is 36.4 Å². The molecule has 0 bridgehead atoms. The van der Waals surface area contributed by atoms with Crippen molar-refractivity contribution in [2.24, 2.45) is 11.8 Å². The summed E-state index contributed by atoms with van der Waals surface area (Å²) < 4.78 is 11.5. The Labute approximate surface area is 291 Å². The van der Waals surface area contributed by atoms with Crippen LogP contribution in [0, 0.1) is 11.8 Å². The van der Waals surface area contributed by atoms with Gasteiger partial charge in [-0.3, -0.25) is 9.80 Å². The van der Waals surface area contributed by atoms with E-state index in [1.807, 2.05) is 57.5 Å². The predicted octanol–water partition coefficient (Wildman–Crippen LogP) is 8.91. The summed E-state index contributed by atoms with van der Waals surface area (Å²) in [5.74, 6) is 2.69.